The van der Waals surface area contributed by atoms with E-state index in [1.54, 1.807) is 0 Å². The Labute approximate surface area is 97.7 Å². The van der Waals surface area contributed by atoms with E-state index in [1.165, 1.54) is 24.0 Å². The molecule has 1 heterocycles. The molecule has 2 rings (SSSR count). The number of hydrogen-bond acceptors (Lipinski definition) is 2. The van der Waals surface area contributed by atoms with E-state index in [-0.39, 0.29) is 12.0 Å². The molecule has 1 fully saturated rings. The Morgan fingerprint density at radius 3 is 2.62 bits per heavy atom. The van der Waals surface area contributed by atoms with Crippen molar-refractivity contribution in [1.29, 1.82) is 0 Å². The third kappa shape index (κ3) is 2.28. The molecule has 88 valence electrons. The van der Waals surface area contributed by atoms with Gasteiger partial charge in [0, 0.05) is 18.6 Å². The summed E-state index contributed by atoms with van der Waals surface area (Å²) in [5.74, 6) is 0. The summed E-state index contributed by atoms with van der Waals surface area (Å²) < 4.78 is 0. The van der Waals surface area contributed by atoms with Gasteiger partial charge >= 0.3 is 0 Å². The fraction of sp³-hybridized carbons (Fsp3) is 0.571. The Hall–Kier alpha value is -0.860. The van der Waals surface area contributed by atoms with Gasteiger partial charge in [0.2, 0.25) is 0 Å². The lowest BCUT2D eigenvalue weighted by Crippen LogP contribution is -2.44. The van der Waals surface area contributed by atoms with E-state index >= 15 is 0 Å². The minimum Gasteiger partial charge on any atom is -0.396 e. The highest BCUT2D eigenvalue weighted by atomic mass is 16.3. The van der Waals surface area contributed by atoms with Gasteiger partial charge in [-0.25, -0.2) is 0 Å². The largest absolute Gasteiger partial charge is 0.396 e. The maximum atomic E-state index is 9.27. The van der Waals surface area contributed by atoms with Crippen molar-refractivity contribution in [3.63, 3.8) is 0 Å². The second kappa shape index (κ2) is 4.98. The summed E-state index contributed by atoms with van der Waals surface area (Å²) in [5, 5.41) is 12.7. The van der Waals surface area contributed by atoms with Crippen LogP contribution in [-0.4, -0.2) is 24.8 Å². The molecule has 16 heavy (non-hydrogen) atoms. The van der Waals surface area contributed by atoms with Crippen molar-refractivity contribution in [2.45, 2.75) is 31.6 Å². The zero-order valence-electron chi connectivity index (χ0n) is 10.00. The Balaban J connectivity index is 2.26. The van der Waals surface area contributed by atoms with Gasteiger partial charge in [0.1, 0.15) is 0 Å². The van der Waals surface area contributed by atoms with Crippen molar-refractivity contribution >= 4 is 0 Å². The first-order valence-electron chi connectivity index (χ1n) is 6.16. The monoisotopic (exact) mass is 219 g/mol. The van der Waals surface area contributed by atoms with E-state index in [2.05, 4.69) is 36.5 Å². The Morgan fingerprint density at radius 2 is 2.06 bits per heavy atom. The van der Waals surface area contributed by atoms with Gasteiger partial charge in [0.25, 0.3) is 0 Å². The molecule has 1 aromatic rings. The van der Waals surface area contributed by atoms with Crippen molar-refractivity contribution in [2.75, 3.05) is 19.7 Å². The Bertz CT molecular complexity index is 320. The van der Waals surface area contributed by atoms with Gasteiger partial charge < -0.3 is 10.4 Å². The second-order valence-corrected chi connectivity index (χ2v) is 4.90. The molecule has 0 radical (unpaired) electrons. The molecule has 2 N–H and O–H groups in total. The maximum absolute atomic E-state index is 9.27. The van der Waals surface area contributed by atoms with Crippen LogP contribution >= 0.6 is 0 Å². The van der Waals surface area contributed by atoms with Crippen LogP contribution in [0.15, 0.2) is 24.3 Å². The van der Waals surface area contributed by atoms with Crippen LogP contribution in [0.3, 0.4) is 0 Å². The lowest BCUT2D eigenvalue weighted by atomic mass is 9.72. The highest BCUT2D eigenvalue weighted by Gasteiger charge is 2.32. The Kier molecular flexibility index (Phi) is 3.62. The SMILES string of the molecule is Cc1ccc(C2(CCO)CCCNC2)cc1. The van der Waals surface area contributed by atoms with E-state index in [0.717, 1.165) is 19.5 Å². The third-order valence-corrected chi connectivity index (χ3v) is 3.73. The molecule has 1 aliphatic rings. The molecule has 0 bridgehead atoms. The van der Waals surface area contributed by atoms with Crippen molar-refractivity contribution < 1.29 is 5.11 Å². The van der Waals surface area contributed by atoms with Crippen LogP contribution < -0.4 is 5.32 Å². The van der Waals surface area contributed by atoms with E-state index in [9.17, 15) is 5.11 Å². The zero-order chi connectivity index (χ0) is 11.4. The number of piperidine rings is 1. The maximum Gasteiger partial charge on any atom is 0.0440 e. The molecule has 2 nitrogen and oxygen atoms in total. The number of aliphatic hydroxyl groups is 1. The summed E-state index contributed by atoms with van der Waals surface area (Å²) in [4.78, 5) is 0. The van der Waals surface area contributed by atoms with Crippen molar-refractivity contribution in [3.8, 4) is 0 Å². The quantitative estimate of drug-likeness (QED) is 0.815. The summed E-state index contributed by atoms with van der Waals surface area (Å²) in [6, 6.07) is 8.78. The number of benzene rings is 1. The van der Waals surface area contributed by atoms with Crippen LogP contribution in [-0.2, 0) is 5.41 Å². The van der Waals surface area contributed by atoms with Crippen LogP contribution in [0, 0.1) is 6.92 Å². The summed E-state index contributed by atoms with van der Waals surface area (Å²) in [6.07, 6.45) is 3.25. The second-order valence-electron chi connectivity index (χ2n) is 4.90. The van der Waals surface area contributed by atoms with Crippen LogP contribution in [0.5, 0.6) is 0 Å². The normalized spacial score (nSPS) is 25.6. The van der Waals surface area contributed by atoms with Crippen molar-refractivity contribution in [2.24, 2.45) is 0 Å². The Morgan fingerprint density at radius 1 is 1.31 bits per heavy atom. The highest BCUT2D eigenvalue weighted by Crippen LogP contribution is 2.34. The molecular formula is C14H21NO. The molecule has 0 aromatic heterocycles. The summed E-state index contributed by atoms with van der Waals surface area (Å²) >= 11 is 0. The van der Waals surface area contributed by atoms with Crippen LogP contribution in [0.25, 0.3) is 0 Å². The van der Waals surface area contributed by atoms with E-state index in [4.69, 9.17) is 0 Å². The number of aliphatic hydroxyl groups excluding tert-OH is 1. The topological polar surface area (TPSA) is 32.3 Å². The van der Waals surface area contributed by atoms with E-state index < -0.39 is 0 Å². The first-order valence-corrected chi connectivity index (χ1v) is 6.16. The molecule has 1 atom stereocenters. The standard InChI is InChI=1S/C14H21NO/c1-12-3-5-13(6-4-12)14(8-10-16)7-2-9-15-11-14/h3-6,15-16H,2,7-11H2,1H3. The zero-order valence-corrected chi connectivity index (χ0v) is 10.00. The first-order chi connectivity index (χ1) is 7.77. The first kappa shape index (κ1) is 11.6. The highest BCUT2D eigenvalue weighted by molar-refractivity contribution is 5.29. The van der Waals surface area contributed by atoms with E-state index in [0.29, 0.717) is 0 Å². The summed E-state index contributed by atoms with van der Waals surface area (Å²) in [5.41, 5.74) is 2.83. The molecule has 0 amide bonds. The summed E-state index contributed by atoms with van der Waals surface area (Å²) in [6.45, 7) is 4.49. The number of nitrogens with one attached hydrogen (secondary N) is 1. The molecule has 1 aromatic carbocycles. The molecule has 0 aliphatic carbocycles. The number of aryl methyl sites for hydroxylation is 1. The van der Waals surface area contributed by atoms with Crippen LogP contribution in [0.1, 0.15) is 30.4 Å². The van der Waals surface area contributed by atoms with Crippen molar-refractivity contribution in [3.05, 3.63) is 35.4 Å². The van der Waals surface area contributed by atoms with Gasteiger partial charge in [-0.1, -0.05) is 29.8 Å². The smallest absolute Gasteiger partial charge is 0.0440 e. The van der Waals surface area contributed by atoms with Gasteiger partial charge in [0.05, 0.1) is 0 Å². The molecule has 1 unspecified atom stereocenters. The number of rotatable bonds is 3. The van der Waals surface area contributed by atoms with Gasteiger partial charge in [-0.15, -0.1) is 0 Å². The molecule has 2 heteroatoms. The summed E-state index contributed by atoms with van der Waals surface area (Å²) in [7, 11) is 0. The van der Waals surface area contributed by atoms with Gasteiger partial charge in [-0.05, 0) is 38.3 Å². The van der Waals surface area contributed by atoms with Crippen LogP contribution in [0.2, 0.25) is 0 Å². The molecule has 0 spiro atoms. The minimum absolute atomic E-state index is 0.153. The molecular weight excluding hydrogens is 198 g/mol. The third-order valence-electron chi connectivity index (χ3n) is 3.73. The van der Waals surface area contributed by atoms with Gasteiger partial charge in [-0.3, -0.25) is 0 Å². The fourth-order valence-corrected chi connectivity index (χ4v) is 2.69. The number of hydrogen-bond donors (Lipinski definition) is 2. The fourth-order valence-electron chi connectivity index (χ4n) is 2.69. The average Bonchev–Trinajstić information content (AvgIpc) is 2.31. The molecule has 1 aliphatic heterocycles. The molecule has 0 saturated carbocycles. The molecule has 1 saturated heterocycles. The van der Waals surface area contributed by atoms with Gasteiger partial charge in [-0.2, -0.15) is 0 Å². The predicted octanol–water partition coefficient (Wildman–Crippen LogP) is 2.00. The van der Waals surface area contributed by atoms with Crippen molar-refractivity contribution in [1.82, 2.24) is 5.32 Å². The lowest BCUT2D eigenvalue weighted by Gasteiger charge is -2.38. The minimum atomic E-state index is 0.153. The predicted molar refractivity (Wildman–Crippen MR) is 66.7 cm³/mol. The lowest BCUT2D eigenvalue weighted by molar-refractivity contribution is 0.207. The average molecular weight is 219 g/mol. The van der Waals surface area contributed by atoms with Gasteiger partial charge in [0.15, 0.2) is 0 Å². The van der Waals surface area contributed by atoms with Crippen LogP contribution in [0.4, 0.5) is 0 Å². The van der Waals surface area contributed by atoms with E-state index in [1.807, 2.05) is 0 Å².